The summed E-state index contributed by atoms with van der Waals surface area (Å²) in [5, 5.41) is 0. The summed E-state index contributed by atoms with van der Waals surface area (Å²) < 4.78 is 7.87. The van der Waals surface area contributed by atoms with Gasteiger partial charge in [-0.25, -0.2) is 0 Å². The largest absolute Gasteiger partial charge is 0.0871 e. The van der Waals surface area contributed by atoms with E-state index in [2.05, 4.69) is 19.1 Å². The summed E-state index contributed by atoms with van der Waals surface area (Å²) in [5.74, 6) is 0. The van der Waals surface area contributed by atoms with Crippen molar-refractivity contribution in [1.82, 2.24) is 0 Å². The topological polar surface area (TPSA) is 0 Å². The third-order valence-electron chi connectivity index (χ3n) is 2.12. The van der Waals surface area contributed by atoms with Gasteiger partial charge in [0.2, 0.25) is 0 Å². The minimum atomic E-state index is 0.674. The summed E-state index contributed by atoms with van der Waals surface area (Å²) in [6.07, 6.45) is 4.07. The highest BCUT2D eigenvalue weighted by Gasteiger charge is 1.97. The van der Waals surface area contributed by atoms with Gasteiger partial charge in [0.1, 0.15) is 0 Å². The highest BCUT2D eigenvalue weighted by atomic mass is 14.0. The molecule has 0 saturated carbocycles. The van der Waals surface area contributed by atoms with Gasteiger partial charge in [-0.3, -0.25) is 0 Å². The molecular weight excluding hydrogens is 144 g/mol. The quantitative estimate of drug-likeness (QED) is 0.591. The van der Waals surface area contributed by atoms with Crippen LogP contribution in [0.1, 0.15) is 30.5 Å². The number of hydrogen-bond acceptors (Lipinski definition) is 0. The minimum Gasteiger partial charge on any atom is -0.0871 e. The van der Waals surface area contributed by atoms with Gasteiger partial charge in [-0.05, 0) is 49.9 Å². The van der Waals surface area contributed by atoms with E-state index in [1.54, 1.807) is 0 Å². The van der Waals surface area contributed by atoms with E-state index in [1.165, 1.54) is 5.56 Å². The number of allylic oxidation sites excluding steroid dienone is 1. The molecule has 0 unspecified atom stereocenters. The predicted octanol–water partition coefficient (Wildman–Crippen LogP) is 3.64. The maximum Gasteiger partial charge on any atom is 0.0629 e. The van der Waals surface area contributed by atoms with Gasteiger partial charge in [-0.15, -0.1) is 0 Å². The Morgan fingerprint density at radius 2 is 1.83 bits per heavy atom. The zero-order chi connectivity index (χ0) is 10.0. The van der Waals surface area contributed by atoms with E-state index in [0.717, 1.165) is 16.7 Å². The van der Waals surface area contributed by atoms with Gasteiger partial charge >= 0.3 is 0 Å². The second kappa shape index (κ2) is 3.57. The average molecular weight is 162 g/mol. The molecule has 0 aliphatic carbocycles. The number of benzene rings is 1. The van der Waals surface area contributed by atoms with E-state index < -0.39 is 0 Å². The Balaban J connectivity index is 3.40. The molecule has 0 heteroatoms. The molecule has 0 bridgehead atoms. The van der Waals surface area contributed by atoms with E-state index in [1.807, 2.05) is 26.8 Å². The minimum absolute atomic E-state index is 0.674. The van der Waals surface area contributed by atoms with Crippen LogP contribution in [-0.4, -0.2) is 0 Å². The predicted molar refractivity (Wildman–Crippen MR) is 55.4 cm³/mol. The molecule has 1 aromatic rings. The number of hydrogen-bond donors (Lipinski definition) is 0. The molecule has 0 aliphatic heterocycles. The maximum absolute atomic E-state index is 7.87. The van der Waals surface area contributed by atoms with Crippen molar-refractivity contribution in [3.63, 3.8) is 0 Å². The normalized spacial score (nSPS) is 12.2. The lowest BCUT2D eigenvalue weighted by Crippen LogP contribution is -1.86. The van der Waals surface area contributed by atoms with Gasteiger partial charge in [0.05, 0.1) is 1.37 Å². The molecule has 0 spiro atoms. The van der Waals surface area contributed by atoms with Crippen molar-refractivity contribution < 1.29 is 1.37 Å². The van der Waals surface area contributed by atoms with Gasteiger partial charge in [0, 0.05) is 0 Å². The highest BCUT2D eigenvalue weighted by molar-refractivity contribution is 5.55. The molecule has 1 rings (SSSR count). The first-order valence-electron chi connectivity index (χ1n) is 4.78. The third kappa shape index (κ3) is 1.76. The number of rotatable bonds is 1. The van der Waals surface area contributed by atoms with Crippen LogP contribution in [0.5, 0.6) is 0 Å². The van der Waals surface area contributed by atoms with Crippen LogP contribution < -0.4 is 0 Å². The van der Waals surface area contributed by atoms with Crippen LogP contribution in [0.3, 0.4) is 0 Å². The van der Waals surface area contributed by atoms with Crippen LogP contribution in [0.4, 0.5) is 0 Å². The van der Waals surface area contributed by atoms with E-state index in [0.29, 0.717) is 6.04 Å². The van der Waals surface area contributed by atoms with Gasteiger partial charge in [0.25, 0.3) is 0 Å². The molecule has 0 saturated heterocycles. The zero-order valence-corrected chi connectivity index (χ0v) is 8.23. The molecule has 0 radical (unpaired) electrons. The zero-order valence-electron chi connectivity index (χ0n) is 9.23. The van der Waals surface area contributed by atoms with E-state index in [4.69, 9.17) is 1.37 Å². The summed E-state index contributed by atoms with van der Waals surface area (Å²) in [7, 11) is 0. The Morgan fingerprint density at radius 3 is 2.42 bits per heavy atom. The Morgan fingerprint density at radius 1 is 1.17 bits per heavy atom. The molecule has 0 aliphatic rings. The molecule has 0 N–H and O–H groups in total. The van der Waals surface area contributed by atoms with Crippen LogP contribution in [0.15, 0.2) is 18.2 Å². The molecular formula is C12H16. The number of aryl methyl sites for hydroxylation is 1. The SMILES string of the molecule is [3H]c1c(C)c(C)cc(C=CC)c1C. The van der Waals surface area contributed by atoms with Gasteiger partial charge in [-0.2, -0.15) is 0 Å². The molecule has 1 aromatic carbocycles. The molecule has 64 valence electrons. The smallest absolute Gasteiger partial charge is 0.0629 e. The summed E-state index contributed by atoms with van der Waals surface area (Å²) in [4.78, 5) is 0. The molecule has 0 fully saturated rings. The van der Waals surface area contributed by atoms with Gasteiger partial charge in [0.15, 0.2) is 0 Å². The van der Waals surface area contributed by atoms with Crippen molar-refractivity contribution in [3.8, 4) is 0 Å². The fourth-order valence-electron chi connectivity index (χ4n) is 1.25. The standard InChI is InChI=1S/C12H16/c1-5-6-12-8-10(3)9(2)7-11(12)4/h5-8H,1-4H3/i7T. The maximum atomic E-state index is 7.87. The second-order valence-corrected chi connectivity index (χ2v) is 3.16. The van der Waals surface area contributed by atoms with E-state index in [-0.39, 0.29) is 0 Å². The lowest BCUT2D eigenvalue weighted by Gasteiger charge is -2.05. The Labute approximate surface area is 76.3 Å². The second-order valence-electron chi connectivity index (χ2n) is 3.16. The van der Waals surface area contributed by atoms with Crippen LogP contribution in [0.25, 0.3) is 6.08 Å². The first-order valence-corrected chi connectivity index (χ1v) is 4.28. The lowest BCUT2D eigenvalue weighted by atomic mass is 10.0. The average Bonchev–Trinajstić information content (AvgIpc) is 2.11. The Hall–Kier alpha value is -1.04. The van der Waals surface area contributed by atoms with Gasteiger partial charge in [-0.1, -0.05) is 24.3 Å². The van der Waals surface area contributed by atoms with Crippen LogP contribution in [0, 0.1) is 20.8 Å². The fourth-order valence-corrected chi connectivity index (χ4v) is 1.25. The molecule has 0 nitrogen and oxygen atoms in total. The van der Waals surface area contributed by atoms with Crippen LogP contribution in [-0.2, 0) is 0 Å². The summed E-state index contributed by atoms with van der Waals surface area (Å²) >= 11 is 0. The Bertz CT molecular complexity index is 349. The summed E-state index contributed by atoms with van der Waals surface area (Å²) in [6.45, 7) is 8.06. The molecule has 0 amide bonds. The van der Waals surface area contributed by atoms with Crippen molar-refractivity contribution in [2.24, 2.45) is 0 Å². The van der Waals surface area contributed by atoms with E-state index in [9.17, 15) is 0 Å². The molecule has 0 heterocycles. The molecule has 12 heavy (non-hydrogen) atoms. The first-order chi connectivity index (χ1) is 6.07. The van der Waals surface area contributed by atoms with Crippen molar-refractivity contribution in [2.45, 2.75) is 27.7 Å². The molecule has 0 atom stereocenters. The van der Waals surface area contributed by atoms with Crippen molar-refractivity contribution in [1.29, 1.82) is 0 Å². The summed E-state index contributed by atoms with van der Waals surface area (Å²) in [6, 6.07) is 2.82. The van der Waals surface area contributed by atoms with Gasteiger partial charge < -0.3 is 0 Å². The first kappa shape index (κ1) is 7.60. The Kier molecular flexibility index (Phi) is 2.26. The fraction of sp³-hybridized carbons (Fsp3) is 0.333. The van der Waals surface area contributed by atoms with Crippen molar-refractivity contribution >= 4 is 6.08 Å². The lowest BCUT2D eigenvalue weighted by molar-refractivity contribution is 1.29. The third-order valence-corrected chi connectivity index (χ3v) is 2.12. The summed E-state index contributed by atoms with van der Waals surface area (Å²) in [5.41, 5.74) is 4.52. The molecule has 0 aromatic heterocycles. The van der Waals surface area contributed by atoms with E-state index >= 15 is 0 Å². The van der Waals surface area contributed by atoms with Crippen LogP contribution in [0.2, 0.25) is 0 Å². The highest BCUT2D eigenvalue weighted by Crippen LogP contribution is 2.16. The monoisotopic (exact) mass is 162 g/mol. The van der Waals surface area contributed by atoms with Crippen molar-refractivity contribution in [2.75, 3.05) is 0 Å². The van der Waals surface area contributed by atoms with Crippen LogP contribution >= 0.6 is 0 Å². The van der Waals surface area contributed by atoms with Crippen molar-refractivity contribution in [3.05, 3.63) is 40.4 Å².